The third kappa shape index (κ3) is 6.90. The van der Waals surface area contributed by atoms with Crippen LogP contribution in [0.3, 0.4) is 0 Å². The van der Waals surface area contributed by atoms with Crippen LogP contribution < -0.4 is 15.4 Å². The Balaban J connectivity index is 1.01. The molecule has 1 spiro atoms. The number of piperidine rings is 1. The van der Waals surface area contributed by atoms with Crippen molar-refractivity contribution in [2.45, 2.75) is 99.8 Å². The van der Waals surface area contributed by atoms with Gasteiger partial charge in [0.25, 0.3) is 5.91 Å². The molecule has 0 bridgehead atoms. The van der Waals surface area contributed by atoms with Crippen molar-refractivity contribution >= 4 is 23.4 Å². The number of morpholine rings is 1. The van der Waals surface area contributed by atoms with Gasteiger partial charge in [-0.3, -0.25) is 24.0 Å². The number of fused-ring (bicyclic) bond motifs is 1. The number of nitrogens with one attached hydrogen (secondary N) is 2. The van der Waals surface area contributed by atoms with Gasteiger partial charge in [-0.05, 0) is 81.3 Å². The van der Waals surface area contributed by atoms with Crippen molar-refractivity contribution < 1.29 is 46.2 Å². The molecular formula is C37H44F4N6O6. The number of likely N-dealkylation sites (tertiary alicyclic amines) is 1. The molecule has 286 valence electrons. The number of carbonyl (C=O) groups excluding carboxylic acids is 3. The number of anilines is 1. The standard InChI is InChI=1S/C37H44F4N6O6/c38-25-13-24-28(46-16-30(37(39,40)41)52-19-31(46)48)15-36(8-11-45(12-9-36)23-17-51-18-23)53-29(24)14-26(25)43-35(50)33(32(20-1-2-20)21-3-4-21)44-34(49)27-7-10-42-47(27)22-5-6-22/h7,10,13-14,20-23,28,30,32-33H,1-6,8-9,11-12,15-19H2,(H,43,50)(H,44,49)/t28?,30?,33-/m0/s1. The summed E-state index contributed by atoms with van der Waals surface area (Å²) in [6.07, 6.45) is 1.63. The van der Waals surface area contributed by atoms with Crippen LogP contribution in [-0.4, -0.2) is 107 Å². The third-order valence-corrected chi connectivity index (χ3v) is 12.4. The third-order valence-electron chi connectivity index (χ3n) is 12.4. The molecule has 2 N–H and O–H groups in total. The molecule has 1 aromatic heterocycles. The second-order valence-electron chi connectivity index (χ2n) is 16.1. The summed E-state index contributed by atoms with van der Waals surface area (Å²) in [6.45, 7) is 1.13. The average Bonchev–Trinajstić information content (AvgIpc) is 3.97. The Kier molecular flexibility index (Phi) is 8.72. The Morgan fingerprint density at radius 2 is 1.72 bits per heavy atom. The van der Waals surface area contributed by atoms with Crippen molar-refractivity contribution in [1.29, 1.82) is 0 Å². The lowest BCUT2D eigenvalue weighted by atomic mass is 9.79. The first-order valence-corrected chi connectivity index (χ1v) is 18.9. The second kappa shape index (κ2) is 13.2. The van der Waals surface area contributed by atoms with Crippen molar-refractivity contribution in [1.82, 2.24) is 24.9 Å². The molecule has 2 unspecified atom stereocenters. The lowest BCUT2D eigenvalue weighted by molar-refractivity contribution is -0.238. The molecule has 2 aromatic rings. The summed E-state index contributed by atoms with van der Waals surface area (Å²) in [5.41, 5.74) is -0.387. The number of hydrogen-bond donors (Lipinski definition) is 2. The highest BCUT2D eigenvalue weighted by Gasteiger charge is 2.52. The van der Waals surface area contributed by atoms with Crippen molar-refractivity contribution in [2.24, 2.45) is 17.8 Å². The van der Waals surface area contributed by atoms with Crippen LogP contribution in [0.1, 0.15) is 85.9 Å². The molecule has 3 amide bonds. The molecule has 53 heavy (non-hydrogen) atoms. The van der Waals surface area contributed by atoms with Crippen LogP contribution in [0.5, 0.6) is 5.75 Å². The molecule has 1 aromatic carbocycles. The fourth-order valence-electron chi connectivity index (χ4n) is 8.91. The van der Waals surface area contributed by atoms with E-state index in [4.69, 9.17) is 14.2 Å². The van der Waals surface area contributed by atoms with Crippen LogP contribution in [0.15, 0.2) is 24.4 Å². The number of ether oxygens (including phenoxy) is 3. The SMILES string of the molecule is O=C(N[C@H](C(=O)Nc1cc2c(cc1F)C(N1CC(C(F)(F)F)OCC1=O)CC1(CCN(C3COC3)CC1)O2)C(C1CC1)C1CC1)c1ccnn1C1CC1. The predicted octanol–water partition coefficient (Wildman–Crippen LogP) is 4.38. The van der Waals surface area contributed by atoms with Crippen LogP contribution in [0.2, 0.25) is 0 Å². The Hall–Kier alpha value is -3.76. The molecule has 12 nitrogen and oxygen atoms in total. The molecular weight excluding hydrogens is 700 g/mol. The summed E-state index contributed by atoms with van der Waals surface area (Å²) in [5, 5.41) is 10.1. The van der Waals surface area contributed by atoms with Gasteiger partial charge in [0.05, 0.1) is 43.6 Å². The van der Waals surface area contributed by atoms with Crippen LogP contribution >= 0.6 is 0 Å². The van der Waals surface area contributed by atoms with E-state index in [1.54, 1.807) is 16.9 Å². The van der Waals surface area contributed by atoms with Gasteiger partial charge >= 0.3 is 6.18 Å². The number of amides is 3. The molecule has 0 radical (unpaired) electrons. The largest absolute Gasteiger partial charge is 0.487 e. The number of benzene rings is 1. The van der Waals surface area contributed by atoms with Gasteiger partial charge < -0.3 is 29.7 Å². The van der Waals surface area contributed by atoms with Gasteiger partial charge in [0.1, 0.15) is 35.5 Å². The maximum atomic E-state index is 16.2. The number of halogens is 4. The molecule has 3 atom stereocenters. The van der Waals surface area contributed by atoms with E-state index in [1.165, 1.54) is 6.07 Å². The van der Waals surface area contributed by atoms with Gasteiger partial charge in [-0.25, -0.2) is 4.39 Å². The number of alkyl halides is 3. The molecule has 5 heterocycles. The van der Waals surface area contributed by atoms with Gasteiger partial charge in [-0.2, -0.15) is 18.3 Å². The van der Waals surface area contributed by atoms with E-state index in [-0.39, 0.29) is 47.2 Å². The molecule has 3 aliphatic carbocycles. The average molecular weight is 745 g/mol. The fraction of sp³-hybridized carbons (Fsp3) is 0.676. The monoisotopic (exact) mass is 744 g/mol. The Labute approximate surface area is 303 Å². The van der Waals surface area contributed by atoms with Crippen molar-refractivity contribution in [3.8, 4) is 5.75 Å². The van der Waals surface area contributed by atoms with Crippen LogP contribution in [0, 0.1) is 23.6 Å². The van der Waals surface area contributed by atoms with Crippen LogP contribution in [0.4, 0.5) is 23.2 Å². The predicted molar refractivity (Wildman–Crippen MR) is 179 cm³/mol. The minimum atomic E-state index is -4.69. The number of carbonyl (C=O) groups is 3. The van der Waals surface area contributed by atoms with Crippen molar-refractivity contribution in [3.05, 3.63) is 41.5 Å². The lowest BCUT2D eigenvalue weighted by Crippen LogP contribution is -2.59. The van der Waals surface area contributed by atoms with Gasteiger partial charge in [0, 0.05) is 37.3 Å². The van der Waals surface area contributed by atoms with Crippen molar-refractivity contribution in [2.75, 3.05) is 44.8 Å². The highest BCUT2D eigenvalue weighted by atomic mass is 19.4. The second-order valence-corrected chi connectivity index (χ2v) is 16.1. The van der Waals surface area contributed by atoms with E-state index in [2.05, 4.69) is 20.6 Å². The fourth-order valence-corrected chi connectivity index (χ4v) is 8.91. The van der Waals surface area contributed by atoms with E-state index in [0.717, 1.165) is 49.5 Å². The highest BCUT2D eigenvalue weighted by molar-refractivity contribution is 6.01. The number of hydrogen-bond acceptors (Lipinski definition) is 8. The first kappa shape index (κ1) is 35.0. The number of nitrogens with zero attached hydrogens (tertiary/aromatic N) is 4. The van der Waals surface area contributed by atoms with E-state index in [1.807, 2.05) is 0 Å². The van der Waals surface area contributed by atoms with E-state index >= 15 is 4.39 Å². The number of aromatic nitrogens is 2. The maximum absolute atomic E-state index is 16.2. The molecule has 6 fully saturated rings. The zero-order valence-corrected chi connectivity index (χ0v) is 29.3. The summed E-state index contributed by atoms with van der Waals surface area (Å²) < 4.78 is 76.4. The zero-order chi connectivity index (χ0) is 36.6. The lowest BCUT2D eigenvalue weighted by Gasteiger charge is -2.51. The molecule has 3 saturated carbocycles. The van der Waals surface area contributed by atoms with Gasteiger partial charge in [-0.15, -0.1) is 0 Å². The first-order valence-electron chi connectivity index (χ1n) is 18.9. The summed E-state index contributed by atoms with van der Waals surface area (Å²) in [4.78, 5) is 44.6. The van der Waals surface area contributed by atoms with Crippen LogP contribution in [0.25, 0.3) is 0 Å². The normalized spacial score (nSPS) is 26.9. The number of rotatable bonds is 10. The van der Waals surface area contributed by atoms with Gasteiger partial charge in [0.2, 0.25) is 11.8 Å². The summed E-state index contributed by atoms with van der Waals surface area (Å²) in [7, 11) is 0. The topological polar surface area (TPSA) is 127 Å². The maximum Gasteiger partial charge on any atom is 0.416 e. The van der Waals surface area contributed by atoms with Crippen LogP contribution in [-0.2, 0) is 19.1 Å². The minimum absolute atomic E-state index is 0.110. The van der Waals surface area contributed by atoms with Crippen molar-refractivity contribution in [3.63, 3.8) is 0 Å². The molecule has 16 heteroatoms. The van der Waals surface area contributed by atoms with Gasteiger partial charge in [0.15, 0.2) is 6.10 Å². The first-order chi connectivity index (χ1) is 25.5. The summed E-state index contributed by atoms with van der Waals surface area (Å²) in [5.74, 6) is -1.76. The summed E-state index contributed by atoms with van der Waals surface area (Å²) in [6, 6.07) is 2.81. The Morgan fingerprint density at radius 3 is 2.34 bits per heavy atom. The molecule has 9 rings (SSSR count). The van der Waals surface area contributed by atoms with E-state index in [9.17, 15) is 27.6 Å². The zero-order valence-electron chi connectivity index (χ0n) is 29.3. The summed E-state index contributed by atoms with van der Waals surface area (Å²) >= 11 is 0. The molecule has 4 aliphatic heterocycles. The Morgan fingerprint density at radius 1 is 1.00 bits per heavy atom. The smallest absolute Gasteiger partial charge is 0.416 e. The molecule has 7 aliphatic rings. The van der Waals surface area contributed by atoms with Gasteiger partial charge in [-0.1, -0.05) is 0 Å². The molecule has 3 saturated heterocycles. The van der Waals surface area contributed by atoms with E-state index < -0.39 is 66.7 Å². The Bertz CT molecular complexity index is 1750. The van der Waals surface area contributed by atoms with E-state index in [0.29, 0.717) is 50.9 Å². The quantitative estimate of drug-likeness (QED) is 0.344. The highest BCUT2D eigenvalue weighted by Crippen LogP contribution is 2.52. The minimum Gasteiger partial charge on any atom is -0.487 e.